The fourth-order valence-electron chi connectivity index (χ4n) is 5.22. The van der Waals surface area contributed by atoms with Gasteiger partial charge >= 0.3 is 6.03 Å². The van der Waals surface area contributed by atoms with Crippen molar-refractivity contribution in [1.29, 1.82) is 0 Å². The number of amides is 3. The second-order valence-corrected chi connectivity index (χ2v) is 10.1. The van der Waals surface area contributed by atoms with E-state index in [2.05, 4.69) is 46.3 Å². The second-order valence-electron chi connectivity index (χ2n) is 8.85. The summed E-state index contributed by atoms with van der Waals surface area (Å²) >= 11 is 1.94. The van der Waals surface area contributed by atoms with Crippen LogP contribution in [0, 0.1) is 0 Å². The second kappa shape index (κ2) is 9.41. The van der Waals surface area contributed by atoms with Gasteiger partial charge in [0.25, 0.3) is 0 Å². The minimum Gasteiger partial charge on any atom is -0.355 e. The molecular weight excluding hydrogens is 382 g/mol. The molecular formula is C23H33N3O2S. The first kappa shape index (κ1) is 20.6. The molecule has 0 aromatic heterocycles. The zero-order valence-corrected chi connectivity index (χ0v) is 17.9. The molecule has 0 spiro atoms. The third kappa shape index (κ3) is 4.90. The van der Waals surface area contributed by atoms with Crippen molar-refractivity contribution >= 4 is 23.7 Å². The molecule has 3 amide bonds. The summed E-state index contributed by atoms with van der Waals surface area (Å²) in [5.74, 6) is 1.18. The lowest BCUT2D eigenvalue weighted by Crippen LogP contribution is -2.42. The van der Waals surface area contributed by atoms with Crippen molar-refractivity contribution in [1.82, 2.24) is 16.0 Å². The van der Waals surface area contributed by atoms with Crippen LogP contribution in [0.25, 0.3) is 0 Å². The molecule has 0 bridgehead atoms. The Balaban J connectivity index is 1.20. The quantitative estimate of drug-likeness (QED) is 0.448. The van der Waals surface area contributed by atoms with Gasteiger partial charge in [-0.3, -0.25) is 4.79 Å². The van der Waals surface area contributed by atoms with Crippen molar-refractivity contribution < 1.29 is 9.59 Å². The van der Waals surface area contributed by atoms with Crippen molar-refractivity contribution in [2.75, 3.05) is 12.3 Å². The van der Waals surface area contributed by atoms with Gasteiger partial charge in [-0.1, -0.05) is 56.0 Å². The molecule has 6 heteroatoms. The predicted molar refractivity (Wildman–Crippen MR) is 118 cm³/mol. The van der Waals surface area contributed by atoms with Gasteiger partial charge in [0, 0.05) is 29.4 Å². The Morgan fingerprint density at radius 1 is 1.10 bits per heavy atom. The number of nitrogens with one attached hydrogen (secondary N) is 3. The van der Waals surface area contributed by atoms with E-state index in [0.29, 0.717) is 11.7 Å². The molecule has 158 valence electrons. The molecule has 3 N–H and O–H groups in total. The van der Waals surface area contributed by atoms with Gasteiger partial charge in [-0.25, -0.2) is 4.79 Å². The molecule has 1 aromatic carbocycles. The van der Waals surface area contributed by atoms with Gasteiger partial charge in [0.05, 0.1) is 12.1 Å². The summed E-state index contributed by atoms with van der Waals surface area (Å²) < 4.78 is 0. The fourth-order valence-corrected chi connectivity index (χ4v) is 6.76. The summed E-state index contributed by atoms with van der Waals surface area (Å²) in [6, 6.07) is 11.3. The molecule has 29 heavy (non-hydrogen) atoms. The number of unbranched alkanes of at least 4 members (excludes halogenated alkanes) is 1. The van der Waals surface area contributed by atoms with E-state index in [1.54, 1.807) is 0 Å². The largest absolute Gasteiger partial charge is 0.355 e. The molecule has 5 nitrogen and oxygen atoms in total. The Labute approximate surface area is 178 Å². The van der Waals surface area contributed by atoms with Gasteiger partial charge in [-0.15, -0.1) is 0 Å². The van der Waals surface area contributed by atoms with E-state index in [-0.39, 0.29) is 29.4 Å². The molecule has 3 aliphatic rings. The Morgan fingerprint density at radius 3 is 2.69 bits per heavy atom. The first-order valence-electron chi connectivity index (χ1n) is 11.2. The summed E-state index contributed by atoms with van der Waals surface area (Å²) in [7, 11) is 0. The Kier molecular flexibility index (Phi) is 6.68. The van der Waals surface area contributed by atoms with E-state index in [0.717, 1.165) is 31.6 Å². The van der Waals surface area contributed by atoms with Crippen LogP contribution in [0.5, 0.6) is 0 Å². The Morgan fingerprint density at radius 2 is 1.90 bits per heavy atom. The third-order valence-electron chi connectivity index (χ3n) is 6.90. The molecule has 3 fully saturated rings. The van der Waals surface area contributed by atoms with E-state index < -0.39 is 0 Å². The van der Waals surface area contributed by atoms with Crippen molar-refractivity contribution in [2.24, 2.45) is 0 Å². The molecule has 4 rings (SSSR count). The summed E-state index contributed by atoms with van der Waals surface area (Å²) in [5.41, 5.74) is 1.48. The van der Waals surface area contributed by atoms with Gasteiger partial charge < -0.3 is 16.0 Å². The van der Waals surface area contributed by atoms with Gasteiger partial charge in [0.15, 0.2) is 0 Å². The average molecular weight is 416 g/mol. The highest BCUT2D eigenvalue weighted by Crippen LogP contribution is 2.39. The maximum absolute atomic E-state index is 12.5. The smallest absolute Gasteiger partial charge is 0.315 e. The summed E-state index contributed by atoms with van der Waals surface area (Å²) in [6.07, 6.45) is 9.75. The van der Waals surface area contributed by atoms with Crippen LogP contribution in [0.1, 0.15) is 63.4 Å². The number of urea groups is 1. The lowest BCUT2D eigenvalue weighted by atomic mass is 9.69. The number of thioether (sulfide) groups is 1. The normalized spacial score (nSPS) is 27.7. The lowest BCUT2D eigenvalue weighted by Gasteiger charge is -2.38. The van der Waals surface area contributed by atoms with E-state index in [4.69, 9.17) is 0 Å². The highest BCUT2D eigenvalue weighted by Gasteiger charge is 2.42. The van der Waals surface area contributed by atoms with Crippen molar-refractivity contribution in [3.8, 4) is 0 Å². The monoisotopic (exact) mass is 415 g/mol. The van der Waals surface area contributed by atoms with Crippen LogP contribution in [-0.4, -0.2) is 41.6 Å². The molecule has 2 heterocycles. The summed E-state index contributed by atoms with van der Waals surface area (Å²) in [5, 5.41) is 9.76. The molecule has 1 aliphatic carbocycles. The minimum absolute atomic E-state index is 0.0280. The van der Waals surface area contributed by atoms with E-state index >= 15 is 0 Å². The van der Waals surface area contributed by atoms with Crippen LogP contribution in [0.2, 0.25) is 0 Å². The molecule has 2 aliphatic heterocycles. The molecule has 2 saturated heterocycles. The zero-order chi connectivity index (χ0) is 20.1. The lowest BCUT2D eigenvalue weighted by molar-refractivity contribution is -0.121. The van der Waals surface area contributed by atoms with Gasteiger partial charge in [0.2, 0.25) is 5.91 Å². The number of rotatable bonds is 8. The van der Waals surface area contributed by atoms with Crippen LogP contribution in [0.15, 0.2) is 30.3 Å². The predicted octanol–water partition coefficient (Wildman–Crippen LogP) is 3.73. The van der Waals surface area contributed by atoms with Gasteiger partial charge in [-0.05, 0) is 31.2 Å². The number of hydrogen-bond donors (Lipinski definition) is 3. The van der Waals surface area contributed by atoms with Crippen molar-refractivity contribution in [2.45, 2.75) is 80.5 Å². The maximum Gasteiger partial charge on any atom is 0.315 e. The van der Waals surface area contributed by atoms with Crippen LogP contribution in [-0.2, 0) is 10.2 Å². The van der Waals surface area contributed by atoms with Crippen LogP contribution >= 0.6 is 11.8 Å². The van der Waals surface area contributed by atoms with Crippen molar-refractivity contribution in [3.05, 3.63) is 35.9 Å². The molecule has 3 atom stereocenters. The van der Waals surface area contributed by atoms with Gasteiger partial charge in [0.1, 0.15) is 0 Å². The zero-order valence-electron chi connectivity index (χ0n) is 17.1. The number of carbonyl (C=O) groups is 2. The van der Waals surface area contributed by atoms with E-state index in [9.17, 15) is 9.59 Å². The highest BCUT2D eigenvalue weighted by molar-refractivity contribution is 8.00. The first-order chi connectivity index (χ1) is 14.2. The maximum atomic E-state index is 12.5. The summed E-state index contributed by atoms with van der Waals surface area (Å²) in [6.45, 7) is 0.760. The third-order valence-corrected chi connectivity index (χ3v) is 8.41. The van der Waals surface area contributed by atoms with E-state index in [1.165, 1.54) is 37.7 Å². The number of fused-ring (bicyclic) bond motifs is 1. The average Bonchev–Trinajstić information content (AvgIpc) is 3.30. The molecule has 1 saturated carbocycles. The summed E-state index contributed by atoms with van der Waals surface area (Å²) in [4.78, 5) is 24.0. The van der Waals surface area contributed by atoms with Gasteiger partial charge in [-0.2, -0.15) is 11.8 Å². The highest BCUT2D eigenvalue weighted by atomic mass is 32.2. The molecule has 1 aromatic rings. The molecule has 0 unspecified atom stereocenters. The van der Waals surface area contributed by atoms with Crippen LogP contribution in [0.3, 0.4) is 0 Å². The Hall–Kier alpha value is -1.69. The first-order valence-corrected chi connectivity index (χ1v) is 12.2. The van der Waals surface area contributed by atoms with Crippen LogP contribution < -0.4 is 16.0 Å². The van der Waals surface area contributed by atoms with Crippen molar-refractivity contribution in [3.63, 3.8) is 0 Å². The minimum atomic E-state index is -0.0280. The fraction of sp³-hybridized carbons (Fsp3) is 0.652. The van der Waals surface area contributed by atoms with E-state index in [1.807, 2.05) is 11.8 Å². The SMILES string of the molecule is O=C(CCCC[C@@H]1SC[C@H]2NC(=O)N[C@H]12)NCC1(c2ccccc2)CCCCC1. The number of benzene rings is 1. The van der Waals surface area contributed by atoms with Crippen LogP contribution in [0.4, 0.5) is 4.79 Å². The topological polar surface area (TPSA) is 70.2 Å². The Bertz CT molecular complexity index is 705. The number of hydrogen-bond acceptors (Lipinski definition) is 3. The number of carbonyl (C=O) groups excluding carboxylic acids is 2. The standard InChI is InChI=1S/C23H33N3O2S/c27-20(12-6-5-11-19-21-18(15-29-19)25-22(28)26-21)24-16-23(13-7-2-8-14-23)17-9-3-1-4-10-17/h1,3-4,9-10,18-19,21H,2,5-8,11-16H2,(H,24,27)(H2,25,26,28)/t18-,19+,21+/m1/s1. The molecule has 0 radical (unpaired) electrons.